The number of hydrogen-bond donors (Lipinski definition) is 1. The molecule has 0 spiro atoms. The first kappa shape index (κ1) is 16.3. The molecule has 0 amide bonds. The Morgan fingerprint density at radius 2 is 2.19 bits per heavy atom. The molecule has 1 N–H and O–H groups in total. The monoisotopic (exact) mass is 291 g/mol. The summed E-state index contributed by atoms with van der Waals surface area (Å²) in [5, 5.41) is 3.57. The summed E-state index contributed by atoms with van der Waals surface area (Å²) in [6, 6.07) is 8.52. The molecule has 3 heteroatoms. The van der Waals surface area contributed by atoms with E-state index in [4.69, 9.17) is 9.47 Å². The predicted octanol–water partition coefficient (Wildman–Crippen LogP) is 3.94. The molecule has 0 bridgehead atoms. The van der Waals surface area contributed by atoms with Crippen molar-refractivity contribution >= 4 is 0 Å². The third-order valence-electron chi connectivity index (χ3n) is 4.32. The Morgan fingerprint density at radius 3 is 2.86 bits per heavy atom. The molecule has 0 aromatic heterocycles. The van der Waals surface area contributed by atoms with Crippen molar-refractivity contribution < 1.29 is 9.47 Å². The van der Waals surface area contributed by atoms with Crippen molar-refractivity contribution in [3.05, 3.63) is 29.8 Å². The fourth-order valence-corrected chi connectivity index (χ4v) is 2.68. The predicted molar refractivity (Wildman–Crippen MR) is 86.8 cm³/mol. The number of methoxy groups -OCH3 is 1. The lowest BCUT2D eigenvalue weighted by molar-refractivity contribution is 0.0888. The van der Waals surface area contributed by atoms with Crippen LogP contribution < -0.4 is 10.1 Å². The third-order valence-corrected chi connectivity index (χ3v) is 4.32. The van der Waals surface area contributed by atoms with Crippen molar-refractivity contribution in [2.24, 2.45) is 5.92 Å². The zero-order valence-electron chi connectivity index (χ0n) is 13.4. The van der Waals surface area contributed by atoms with Crippen LogP contribution in [-0.4, -0.2) is 26.9 Å². The van der Waals surface area contributed by atoms with Gasteiger partial charge in [0.1, 0.15) is 5.75 Å². The molecule has 1 atom stereocenters. The van der Waals surface area contributed by atoms with Crippen LogP contribution in [-0.2, 0) is 4.74 Å². The highest BCUT2D eigenvalue weighted by atomic mass is 16.5. The van der Waals surface area contributed by atoms with Gasteiger partial charge in [-0.2, -0.15) is 0 Å². The van der Waals surface area contributed by atoms with Crippen LogP contribution in [0.15, 0.2) is 24.3 Å². The van der Waals surface area contributed by atoms with Gasteiger partial charge in [-0.25, -0.2) is 0 Å². The molecule has 2 rings (SSSR count). The van der Waals surface area contributed by atoms with Crippen molar-refractivity contribution in [2.45, 2.75) is 45.1 Å². The van der Waals surface area contributed by atoms with Gasteiger partial charge in [0.15, 0.2) is 0 Å². The highest BCUT2D eigenvalue weighted by Crippen LogP contribution is 2.29. The van der Waals surface area contributed by atoms with Gasteiger partial charge in [-0.1, -0.05) is 38.3 Å². The molecule has 3 nitrogen and oxygen atoms in total. The third kappa shape index (κ3) is 5.33. The van der Waals surface area contributed by atoms with E-state index in [0.29, 0.717) is 0 Å². The van der Waals surface area contributed by atoms with Crippen molar-refractivity contribution in [2.75, 3.05) is 26.9 Å². The maximum Gasteiger partial charge on any atom is 0.119 e. The summed E-state index contributed by atoms with van der Waals surface area (Å²) in [6.45, 7) is 4.82. The van der Waals surface area contributed by atoms with Crippen molar-refractivity contribution in [1.82, 2.24) is 5.32 Å². The second-order valence-corrected chi connectivity index (χ2v) is 5.94. The van der Waals surface area contributed by atoms with Gasteiger partial charge in [-0.3, -0.25) is 0 Å². The van der Waals surface area contributed by atoms with E-state index in [1.807, 2.05) is 12.1 Å². The van der Waals surface area contributed by atoms with Crippen LogP contribution in [0.1, 0.15) is 50.6 Å². The second-order valence-electron chi connectivity index (χ2n) is 5.94. The topological polar surface area (TPSA) is 30.5 Å². The molecule has 0 radical (unpaired) electrons. The van der Waals surface area contributed by atoms with Gasteiger partial charge in [-0.05, 0) is 43.0 Å². The van der Waals surface area contributed by atoms with E-state index in [9.17, 15) is 0 Å². The fourth-order valence-electron chi connectivity index (χ4n) is 2.68. The number of benzene rings is 1. The van der Waals surface area contributed by atoms with Gasteiger partial charge in [0.05, 0.1) is 19.8 Å². The molecule has 118 valence electrons. The van der Waals surface area contributed by atoms with Crippen LogP contribution >= 0.6 is 0 Å². The molecule has 1 aliphatic rings. The number of ether oxygens (including phenoxy) is 2. The van der Waals surface area contributed by atoms with E-state index in [1.165, 1.54) is 31.2 Å². The molecule has 21 heavy (non-hydrogen) atoms. The quantitative estimate of drug-likeness (QED) is 0.662. The normalized spacial score (nSPS) is 16.5. The van der Waals surface area contributed by atoms with E-state index in [-0.39, 0.29) is 6.04 Å². The summed E-state index contributed by atoms with van der Waals surface area (Å²) in [5.74, 6) is 1.83. The van der Waals surface area contributed by atoms with Crippen LogP contribution in [0.25, 0.3) is 0 Å². The van der Waals surface area contributed by atoms with Gasteiger partial charge in [0.25, 0.3) is 0 Å². The van der Waals surface area contributed by atoms with Gasteiger partial charge in [0, 0.05) is 6.61 Å². The molecule has 0 aliphatic heterocycles. The first-order chi connectivity index (χ1) is 10.3. The van der Waals surface area contributed by atoms with E-state index < -0.39 is 0 Å². The summed E-state index contributed by atoms with van der Waals surface area (Å²) in [7, 11) is 1.71. The average Bonchev–Trinajstić information content (AvgIpc) is 2.48. The first-order valence-corrected chi connectivity index (χ1v) is 8.28. The molecule has 1 aliphatic carbocycles. The molecular formula is C18H29NO2. The Hall–Kier alpha value is -1.06. The van der Waals surface area contributed by atoms with Gasteiger partial charge >= 0.3 is 0 Å². The average molecular weight is 291 g/mol. The van der Waals surface area contributed by atoms with Crippen molar-refractivity contribution in [1.29, 1.82) is 0 Å². The number of nitrogens with one attached hydrogen (secondary N) is 1. The smallest absolute Gasteiger partial charge is 0.119 e. The summed E-state index contributed by atoms with van der Waals surface area (Å²) in [5.41, 5.74) is 1.24. The molecule has 1 fully saturated rings. The minimum atomic E-state index is 0.251. The largest absolute Gasteiger partial charge is 0.497 e. The Kier molecular flexibility index (Phi) is 7.04. The highest BCUT2D eigenvalue weighted by molar-refractivity contribution is 5.30. The zero-order chi connectivity index (χ0) is 14.9. The van der Waals surface area contributed by atoms with E-state index in [0.717, 1.165) is 37.8 Å². The molecule has 1 unspecified atom stereocenters. The highest BCUT2D eigenvalue weighted by Gasteiger charge is 2.17. The number of hydrogen-bond acceptors (Lipinski definition) is 3. The van der Waals surface area contributed by atoms with Crippen molar-refractivity contribution in [3.63, 3.8) is 0 Å². The van der Waals surface area contributed by atoms with E-state index in [2.05, 4.69) is 24.4 Å². The molecule has 1 aromatic rings. The van der Waals surface area contributed by atoms with E-state index in [1.54, 1.807) is 7.11 Å². The van der Waals surface area contributed by atoms with Gasteiger partial charge in [0.2, 0.25) is 0 Å². The van der Waals surface area contributed by atoms with Gasteiger partial charge < -0.3 is 14.8 Å². The fraction of sp³-hybridized carbons (Fsp3) is 0.667. The lowest BCUT2D eigenvalue weighted by Crippen LogP contribution is -2.27. The summed E-state index contributed by atoms with van der Waals surface area (Å²) in [6.07, 6.45) is 6.56. The summed E-state index contributed by atoms with van der Waals surface area (Å²) in [4.78, 5) is 0. The Bertz CT molecular complexity index is 404. The molecule has 0 saturated heterocycles. The molecular weight excluding hydrogens is 262 g/mol. The molecule has 1 saturated carbocycles. The summed E-state index contributed by atoms with van der Waals surface area (Å²) >= 11 is 0. The minimum Gasteiger partial charge on any atom is -0.497 e. The Balaban J connectivity index is 1.83. The van der Waals surface area contributed by atoms with Crippen LogP contribution in [0, 0.1) is 5.92 Å². The van der Waals surface area contributed by atoms with Crippen LogP contribution in [0.5, 0.6) is 5.75 Å². The van der Waals surface area contributed by atoms with E-state index >= 15 is 0 Å². The van der Waals surface area contributed by atoms with Crippen LogP contribution in [0.4, 0.5) is 0 Å². The Morgan fingerprint density at radius 1 is 1.33 bits per heavy atom. The summed E-state index contributed by atoms with van der Waals surface area (Å²) < 4.78 is 11.2. The standard InChI is InChI=1S/C18H29NO2/c1-3-11-19-18(14-21-12-10-15-6-4-7-15)16-8-5-9-17(13-16)20-2/h5,8-9,13,15,18-19H,3-4,6-7,10-12,14H2,1-2H3. The first-order valence-electron chi connectivity index (χ1n) is 8.28. The van der Waals surface area contributed by atoms with Crippen LogP contribution in [0.3, 0.4) is 0 Å². The maximum atomic E-state index is 5.92. The van der Waals surface area contributed by atoms with Gasteiger partial charge in [-0.15, -0.1) is 0 Å². The lowest BCUT2D eigenvalue weighted by Gasteiger charge is -2.25. The number of rotatable bonds is 10. The zero-order valence-corrected chi connectivity index (χ0v) is 13.4. The second kappa shape index (κ2) is 9.06. The molecule has 1 aromatic carbocycles. The van der Waals surface area contributed by atoms with Crippen LogP contribution in [0.2, 0.25) is 0 Å². The SMILES string of the molecule is CCCNC(COCCC1CCC1)c1cccc(OC)c1. The Labute approximate surface area is 129 Å². The minimum absolute atomic E-state index is 0.251. The molecule has 0 heterocycles. The van der Waals surface area contributed by atoms with Crippen molar-refractivity contribution in [3.8, 4) is 5.75 Å². The lowest BCUT2D eigenvalue weighted by atomic mass is 9.83. The maximum absolute atomic E-state index is 5.92.